The second-order valence-corrected chi connectivity index (χ2v) is 5.02. The van der Waals surface area contributed by atoms with Crippen LogP contribution in [-0.4, -0.2) is 43.1 Å². The van der Waals surface area contributed by atoms with Gasteiger partial charge in [-0.25, -0.2) is 4.79 Å². The molecule has 0 bridgehead atoms. The SMILES string of the molecule is CCOC(=O)Nc1ccc(OCC(O)CNC2CC2)cc1.Cl. The fourth-order valence-corrected chi connectivity index (χ4v) is 1.76. The van der Waals surface area contributed by atoms with E-state index >= 15 is 0 Å². The molecule has 3 N–H and O–H groups in total. The van der Waals surface area contributed by atoms with Crippen LogP contribution in [0.2, 0.25) is 0 Å². The first-order valence-corrected chi connectivity index (χ1v) is 7.25. The van der Waals surface area contributed by atoms with Gasteiger partial charge in [-0.05, 0) is 44.0 Å². The fraction of sp³-hybridized carbons (Fsp3) is 0.533. The Bertz CT molecular complexity index is 451. The Morgan fingerprint density at radius 2 is 2.05 bits per heavy atom. The zero-order chi connectivity index (χ0) is 15.1. The van der Waals surface area contributed by atoms with Crippen LogP contribution in [0, 0.1) is 0 Å². The summed E-state index contributed by atoms with van der Waals surface area (Å²) in [4.78, 5) is 11.2. The number of amides is 1. The van der Waals surface area contributed by atoms with Gasteiger partial charge in [0.05, 0.1) is 6.61 Å². The van der Waals surface area contributed by atoms with Gasteiger partial charge in [0.25, 0.3) is 0 Å². The highest BCUT2D eigenvalue weighted by Crippen LogP contribution is 2.18. The van der Waals surface area contributed by atoms with Crippen molar-refractivity contribution < 1.29 is 19.4 Å². The zero-order valence-electron chi connectivity index (χ0n) is 12.6. The van der Waals surface area contributed by atoms with E-state index in [9.17, 15) is 9.90 Å². The molecule has 0 heterocycles. The number of anilines is 1. The first kappa shape index (κ1) is 18.5. The highest BCUT2D eigenvalue weighted by molar-refractivity contribution is 5.85. The largest absolute Gasteiger partial charge is 0.491 e. The number of aliphatic hydroxyl groups is 1. The van der Waals surface area contributed by atoms with Gasteiger partial charge in [0, 0.05) is 18.3 Å². The monoisotopic (exact) mass is 330 g/mol. The average molecular weight is 331 g/mol. The van der Waals surface area contributed by atoms with Gasteiger partial charge in [-0.1, -0.05) is 0 Å². The minimum atomic E-state index is -0.525. The standard InChI is InChI=1S/C15H22N2O4.ClH/c1-2-20-15(19)17-12-5-7-14(8-6-12)21-10-13(18)9-16-11-3-4-11;/h5-8,11,13,16,18H,2-4,9-10H2,1H3,(H,17,19);1H. The highest BCUT2D eigenvalue weighted by Gasteiger charge is 2.21. The normalized spacial score (nSPS) is 14.6. The third-order valence-corrected chi connectivity index (χ3v) is 3.04. The van der Waals surface area contributed by atoms with Crippen molar-refractivity contribution in [1.82, 2.24) is 5.32 Å². The van der Waals surface area contributed by atoms with E-state index in [0.29, 0.717) is 30.6 Å². The van der Waals surface area contributed by atoms with Crippen LogP contribution < -0.4 is 15.4 Å². The molecule has 1 unspecified atom stereocenters. The predicted octanol–water partition coefficient (Wildman–Crippen LogP) is 2.17. The molecule has 0 radical (unpaired) electrons. The minimum absolute atomic E-state index is 0. The van der Waals surface area contributed by atoms with Crippen LogP contribution in [0.25, 0.3) is 0 Å². The van der Waals surface area contributed by atoms with Gasteiger partial charge in [-0.15, -0.1) is 12.4 Å². The van der Waals surface area contributed by atoms with Crippen LogP contribution in [0.4, 0.5) is 10.5 Å². The molecule has 0 aliphatic heterocycles. The lowest BCUT2D eigenvalue weighted by Gasteiger charge is -2.13. The number of carbonyl (C=O) groups is 1. The molecule has 1 fully saturated rings. The molecule has 2 rings (SSSR count). The summed E-state index contributed by atoms with van der Waals surface area (Å²) in [5, 5.41) is 15.6. The van der Waals surface area contributed by atoms with Gasteiger partial charge in [0.2, 0.25) is 0 Å². The Hall–Kier alpha value is -1.50. The Morgan fingerprint density at radius 3 is 2.64 bits per heavy atom. The number of benzene rings is 1. The molecular weight excluding hydrogens is 308 g/mol. The van der Waals surface area contributed by atoms with Gasteiger partial charge in [-0.2, -0.15) is 0 Å². The van der Waals surface area contributed by atoms with E-state index in [2.05, 4.69) is 10.6 Å². The molecule has 1 aromatic carbocycles. The molecule has 1 aliphatic carbocycles. The highest BCUT2D eigenvalue weighted by atomic mass is 35.5. The van der Waals surface area contributed by atoms with Gasteiger partial charge in [0.15, 0.2) is 0 Å². The smallest absolute Gasteiger partial charge is 0.411 e. The lowest BCUT2D eigenvalue weighted by molar-refractivity contribution is 0.106. The maximum atomic E-state index is 11.2. The lowest BCUT2D eigenvalue weighted by atomic mass is 10.3. The van der Waals surface area contributed by atoms with Gasteiger partial charge >= 0.3 is 6.09 Å². The molecular formula is C15H23ClN2O4. The summed E-state index contributed by atoms with van der Waals surface area (Å²) in [6.07, 6.45) is 1.39. The van der Waals surface area contributed by atoms with E-state index in [0.717, 1.165) is 0 Å². The number of aliphatic hydroxyl groups excluding tert-OH is 1. The van der Waals surface area contributed by atoms with Crippen molar-refractivity contribution in [2.75, 3.05) is 25.1 Å². The predicted molar refractivity (Wildman–Crippen MR) is 86.9 cm³/mol. The quantitative estimate of drug-likeness (QED) is 0.680. The van der Waals surface area contributed by atoms with Crippen LogP contribution in [0.1, 0.15) is 19.8 Å². The van der Waals surface area contributed by atoms with E-state index in [1.807, 2.05) is 0 Å². The minimum Gasteiger partial charge on any atom is -0.491 e. The molecule has 0 aromatic heterocycles. The molecule has 1 atom stereocenters. The van der Waals surface area contributed by atoms with Crippen molar-refractivity contribution in [3.63, 3.8) is 0 Å². The maximum Gasteiger partial charge on any atom is 0.411 e. The zero-order valence-corrected chi connectivity index (χ0v) is 13.4. The Kier molecular flexibility index (Phi) is 8.01. The van der Waals surface area contributed by atoms with E-state index in [4.69, 9.17) is 9.47 Å². The number of ether oxygens (including phenoxy) is 2. The Morgan fingerprint density at radius 1 is 1.36 bits per heavy atom. The molecule has 6 nitrogen and oxygen atoms in total. The molecule has 124 valence electrons. The molecule has 1 aliphatic rings. The van der Waals surface area contributed by atoms with E-state index in [-0.39, 0.29) is 19.0 Å². The Balaban J connectivity index is 0.00000242. The second kappa shape index (κ2) is 9.50. The van der Waals surface area contributed by atoms with Gasteiger partial charge in [0.1, 0.15) is 18.5 Å². The topological polar surface area (TPSA) is 79.8 Å². The molecule has 1 aromatic rings. The first-order valence-electron chi connectivity index (χ1n) is 7.25. The third kappa shape index (κ3) is 6.98. The number of hydrogen-bond donors (Lipinski definition) is 3. The van der Waals surface area contributed by atoms with Crippen molar-refractivity contribution in [3.8, 4) is 5.75 Å². The molecule has 0 spiro atoms. The molecule has 7 heteroatoms. The fourth-order valence-electron chi connectivity index (χ4n) is 1.76. The number of carbonyl (C=O) groups excluding carboxylic acids is 1. The number of rotatable bonds is 8. The number of hydrogen-bond acceptors (Lipinski definition) is 5. The molecule has 22 heavy (non-hydrogen) atoms. The summed E-state index contributed by atoms with van der Waals surface area (Å²) in [5.74, 6) is 0.648. The maximum absolute atomic E-state index is 11.2. The number of nitrogens with one attached hydrogen (secondary N) is 2. The van der Waals surface area contributed by atoms with E-state index in [1.165, 1.54) is 12.8 Å². The van der Waals surface area contributed by atoms with Crippen LogP contribution in [0.5, 0.6) is 5.75 Å². The van der Waals surface area contributed by atoms with Crippen molar-refractivity contribution in [1.29, 1.82) is 0 Å². The summed E-state index contributed by atoms with van der Waals surface area (Å²) in [6, 6.07) is 7.50. The second-order valence-electron chi connectivity index (χ2n) is 5.02. The van der Waals surface area contributed by atoms with Crippen LogP contribution in [0.3, 0.4) is 0 Å². The Labute approximate surface area is 136 Å². The lowest BCUT2D eigenvalue weighted by Crippen LogP contribution is -2.32. The third-order valence-electron chi connectivity index (χ3n) is 3.04. The van der Waals surface area contributed by atoms with E-state index in [1.54, 1.807) is 31.2 Å². The summed E-state index contributed by atoms with van der Waals surface area (Å²) in [6.45, 7) is 2.87. The van der Waals surface area contributed by atoms with Crippen molar-refractivity contribution >= 4 is 24.2 Å². The molecule has 1 amide bonds. The van der Waals surface area contributed by atoms with Crippen LogP contribution >= 0.6 is 12.4 Å². The average Bonchev–Trinajstić information content (AvgIpc) is 3.29. The summed E-state index contributed by atoms with van der Waals surface area (Å²) >= 11 is 0. The van der Waals surface area contributed by atoms with E-state index < -0.39 is 12.2 Å². The summed E-state index contributed by atoms with van der Waals surface area (Å²) in [5.41, 5.74) is 0.636. The van der Waals surface area contributed by atoms with Crippen molar-refractivity contribution in [2.45, 2.75) is 31.9 Å². The van der Waals surface area contributed by atoms with Crippen LogP contribution in [-0.2, 0) is 4.74 Å². The van der Waals surface area contributed by atoms with Crippen molar-refractivity contribution in [3.05, 3.63) is 24.3 Å². The molecule has 1 saturated carbocycles. The first-order chi connectivity index (χ1) is 10.2. The number of halogens is 1. The molecule has 0 saturated heterocycles. The van der Waals surface area contributed by atoms with Gasteiger partial charge in [-0.3, -0.25) is 5.32 Å². The summed E-state index contributed by atoms with van der Waals surface area (Å²) < 4.78 is 10.3. The summed E-state index contributed by atoms with van der Waals surface area (Å²) in [7, 11) is 0. The van der Waals surface area contributed by atoms with Crippen molar-refractivity contribution in [2.24, 2.45) is 0 Å². The van der Waals surface area contributed by atoms with Crippen LogP contribution in [0.15, 0.2) is 24.3 Å². The van der Waals surface area contributed by atoms with Gasteiger partial charge < -0.3 is 19.9 Å².